The second-order valence-corrected chi connectivity index (χ2v) is 7.87. The van der Waals surface area contributed by atoms with E-state index in [2.05, 4.69) is 20.9 Å². The van der Waals surface area contributed by atoms with Crippen LogP contribution >= 0.6 is 0 Å². The van der Waals surface area contributed by atoms with Crippen LogP contribution in [-0.4, -0.2) is 46.7 Å². The third-order valence-corrected chi connectivity index (χ3v) is 5.26. The SMILES string of the molecule is Cc1ccc2nc(C)cc(C(=O)Nc3ccc(NC(=O)CCN4C(=O)CNC4=O)cc3)c2c1. The van der Waals surface area contributed by atoms with E-state index in [1.165, 1.54) is 0 Å². The van der Waals surface area contributed by atoms with Gasteiger partial charge in [0.25, 0.3) is 5.91 Å². The summed E-state index contributed by atoms with van der Waals surface area (Å²) in [4.78, 5) is 53.7. The van der Waals surface area contributed by atoms with E-state index in [4.69, 9.17) is 0 Å². The van der Waals surface area contributed by atoms with E-state index >= 15 is 0 Å². The maximum atomic E-state index is 12.9. The lowest BCUT2D eigenvalue weighted by Crippen LogP contribution is -2.33. The van der Waals surface area contributed by atoms with Crippen LogP contribution in [-0.2, 0) is 9.59 Å². The number of carbonyl (C=O) groups is 4. The second-order valence-electron chi connectivity index (χ2n) is 7.87. The number of nitrogens with one attached hydrogen (secondary N) is 3. The van der Waals surface area contributed by atoms with Gasteiger partial charge in [-0.1, -0.05) is 11.6 Å². The zero-order valence-electron chi connectivity index (χ0n) is 18.3. The molecule has 5 amide bonds. The first kappa shape index (κ1) is 21.9. The minimum absolute atomic E-state index is 0.00840. The Hall–Kier alpha value is -4.27. The molecule has 3 aromatic rings. The number of anilines is 2. The molecule has 0 unspecified atom stereocenters. The van der Waals surface area contributed by atoms with Crippen LogP contribution in [0, 0.1) is 13.8 Å². The van der Waals surface area contributed by atoms with Gasteiger partial charge in [-0.15, -0.1) is 0 Å². The van der Waals surface area contributed by atoms with Crippen molar-refractivity contribution in [2.24, 2.45) is 0 Å². The second kappa shape index (κ2) is 9.07. The Labute approximate surface area is 190 Å². The van der Waals surface area contributed by atoms with Crippen LogP contribution in [0.3, 0.4) is 0 Å². The Morgan fingerprint density at radius 3 is 2.36 bits per heavy atom. The monoisotopic (exact) mass is 445 g/mol. The molecule has 33 heavy (non-hydrogen) atoms. The summed E-state index contributed by atoms with van der Waals surface area (Å²) in [5.41, 5.74) is 4.21. The molecular weight excluding hydrogens is 422 g/mol. The quantitative estimate of drug-likeness (QED) is 0.504. The van der Waals surface area contributed by atoms with Gasteiger partial charge in [0.2, 0.25) is 11.8 Å². The van der Waals surface area contributed by atoms with Crippen molar-refractivity contribution < 1.29 is 19.2 Å². The molecule has 1 aliphatic rings. The predicted octanol–water partition coefficient (Wildman–Crippen LogP) is 2.98. The van der Waals surface area contributed by atoms with E-state index in [9.17, 15) is 19.2 Å². The molecule has 4 rings (SSSR count). The third kappa shape index (κ3) is 4.98. The zero-order chi connectivity index (χ0) is 23.5. The highest BCUT2D eigenvalue weighted by molar-refractivity contribution is 6.12. The molecule has 0 spiro atoms. The van der Waals surface area contributed by atoms with Crippen molar-refractivity contribution in [3.8, 4) is 0 Å². The molecule has 1 fully saturated rings. The number of pyridine rings is 1. The number of hydrogen-bond acceptors (Lipinski definition) is 5. The summed E-state index contributed by atoms with van der Waals surface area (Å²) in [6, 6.07) is 13.8. The summed E-state index contributed by atoms with van der Waals surface area (Å²) >= 11 is 0. The highest BCUT2D eigenvalue weighted by Crippen LogP contribution is 2.22. The largest absolute Gasteiger partial charge is 0.329 e. The number of aryl methyl sites for hydroxylation is 2. The molecule has 1 aliphatic heterocycles. The van der Waals surface area contributed by atoms with Gasteiger partial charge in [-0.05, 0) is 56.3 Å². The van der Waals surface area contributed by atoms with Crippen LogP contribution in [0.15, 0.2) is 48.5 Å². The van der Waals surface area contributed by atoms with Crippen LogP contribution in [0.1, 0.15) is 28.0 Å². The van der Waals surface area contributed by atoms with Crippen molar-refractivity contribution in [3.63, 3.8) is 0 Å². The van der Waals surface area contributed by atoms with Gasteiger partial charge in [0, 0.05) is 35.4 Å². The minimum Gasteiger partial charge on any atom is -0.329 e. The van der Waals surface area contributed by atoms with E-state index in [-0.39, 0.29) is 37.2 Å². The molecule has 2 heterocycles. The molecule has 1 saturated heterocycles. The van der Waals surface area contributed by atoms with Crippen LogP contribution in [0.5, 0.6) is 0 Å². The molecule has 9 heteroatoms. The Kier molecular flexibility index (Phi) is 6.03. The van der Waals surface area contributed by atoms with Crippen LogP contribution in [0.2, 0.25) is 0 Å². The van der Waals surface area contributed by atoms with Gasteiger partial charge >= 0.3 is 6.03 Å². The van der Waals surface area contributed by atoms with Crippen molar-refractivity contribution in [2.75, 3.05) is 23.7 Å². The normalized spacial score (nSPS) is 13.2. The first-order valence-corrected chi connectivity index (χ1v) is 10.5. The van der Waals surface area contributed by atoms with Gasteiger partial charge in [-0.2, -0.15) is 0 Å². The fourth-order valence-electron chi connectivity index (χ4n) is 3.61. The number of rotatable bonds is 6. The van der Waals surface area contributed by atoms with Gasteiger partial charge in [0.15, 0.2) is 0 Å². The summed E-state index contributed by atoms with van der Waals surface area (Å²) in [7, 11) is 0. The average Bonchev–Trinajstić information content (AvgIpc) is 3.10. The lowest BCUT2D eigenvalue weighted by molar-refractivity contribution is -0.125. The summed E-state index contributed by atoms with van der Waals surface area (Å²) in [6.07, 6.45) is -0.00840. The Morgan fingerprint density at radius 1 is 1.00 bits per heavy atom. The number of urea groups is 1. The van der Waals surface area contributed by atoms with E-state index < -0.39 is 6.03 Å². The molecule has 168 valence electrons. The smallest absolute Gasteiger partial charge is 0.324 e. The number of amides is 5. The van der Waals surface area contributed by atoms with Crippen molar-refractivity contribution in [2.45, 2.75) is 20.3 Å². The molecule has 0 atom stereocenters. The molecule has 0 radical (unpaired) electrons. The van der Waals surface area contributed by atoms with Crippen molar-refractivity contribution in [1.29, 1.82) is 0 Å². The number of nitrogens with zero attached hydrogens (tertiary/aromatic N) is 2. The first-order chi connectivity index (χ1) is 15.8. The highest BCUT2D eigenvalue weighted by atomic mass is 16.2. The molecule has 2 aromatic carbocycles. The number of hydrogen-bond donors (Lipinski definition) is 3. The standard InChI is InChI=1S/C24H23N5O4/c1-14-3-8-20-18(11-14)19(12-15(2)26-20)23(32)28-17-6-4-16(5-7-17)27-21(30)9-10-29-22(31)13-25-24(29)33/h3-8,11-12H,9-10,13H2,1-2H3,(H,25,33)(H,27,30)(H,28,32). The molecule has 9 nitrogen and oxygen atoms in total. The number of benzene rings is 2. The number of carbonyl (C=O) groups excluding carboxylic acids is 4. The van der Waals surface area contributed by atoms with Gasteiger partial charge in [-0.25, -0.2) is 4.79 Å². The third-order valence-electron chi connectivity index (χ3n) is 5.26. The van der Waals surface area contributed by atoms with Crippen LogP contribution in [0.25, 0.3) is 10.9 Å². The maximum absolute atomic E-state index is 12.9. The lowest BCUT2D eigenvalue weighted by Gasteiger charge is -2.12. The number of fused-ring (bicyclic) bond motifs is 1. The van der Waals surface area contributed by atoms with Gasteiger partial charge in [0.05, 0.1) is 17.6 Å². The fourth-order valence-corrected chi connectivity index (χ4v) is 3.61. The molecule has 0 saturated carbocycles. The topological polar surface area (TPSA) is 120 Å². The van der Waals surface area contributed by atoms with E-state index in [1.807, 2.05) is 32.0 Å². The van der Waals surface area contributed by atoms with Gasteiger partial charge in [-0.3, -0.25) is 24.3 Å². The van der Waals surface area contributed by atoms with Crippen molar-refractivity contribution in [1.82, 2.24) is 15.2 Å². The van der Waals surface area contributed by atoms with Gasteiger partial charge < -0.3 is 16.0 Å². The summed E-state index contributed by atoms with van der Waals surface area (Å²) in [5.74, 6) is -0.921. The molecule has 1 aromatic heterocycles. The minimum atomic E-state index is -0.486. The van der Waals surface area contributed by atoms with E-state index in [0.717, 1.165) is 27.1 Å². The van der Waals surface area contributed by atoms with Crippen LogP contribution in [0.4, 0.5) is 16.2 Å². The predicted molar refractivity (Wildman–Crippen MR) is 124 cm³/mol. The Balaban J connectivity index is 1.39. The van der Waals surface area contributed by atoms with Gasteiger partial charge in [0.1, 0.15) is 0 Å². The fraction of sp³-hybridized carbons (Fsp3) is 0.208. The number of imide groups is 1. The average molecular weight is 445 g/mol. The van der Waals surface area contributed by atoms with Crippen molar-refractivity contribution in [3.05, 3.63) is 65.4 Å². The maximum Gasteiger partial charge on any atom is 0.324 e. The molecule has 0 bridgehead atoms. The Bertz CT molecular complexity index is 1250. The summed E-state index contributed by atoms with van der Waals surface area (Å²) in [6.45, 7) is 3.79. The molecule has 3 N–H and O–H groups in total. The van der Waals surface area contributed by atoms with Crippen LogP contribution < -0.4 is 16.0 Å². The highest BCUT2D eigenvalue weighted by Gasteiger charge is 2.28. The zero-order valence-corrected chi connectivity index (χ0v) is 18.3. The molecular formula is C24H23N5O4. The Morgan fingerprint density at radius 2 is 1.70 bits per heavy atom. The summed E-state index contributed by atoms with van der Waals surface area (Å²) in [5, 5.41) is 8.79. The molecule has 0 aliphatic carbocycles. The lowest BCUT2D eigenvalue weighted by atomic mass is 10.0. The van der Waals surface area contributed by atoms with E-state index in [0.29, 0.717) is 16.9 Å². The number of aromatic nitrogens is 1. The summed E-state index contributed by atoms with van der Waals surface area (Å²) < 4.78 is 0. The van der Waals surface area contributed by atoms with E-state index in [1.54, 1.807) is 30.3 Å². The van der Waals surface area contributed by atoms with Crippen molar-refractivity contribution >= 4 is 46.0 Å². The first-order valence-electron chi connectivity index (χ1n) is 10.5.